The van der Waals surface area contributed by atoms with Crippen molar-refractivity contribution >= 4 is 38.9 Å². The van der Waals surface area contributed by atoms with Gasteiger partial charge in [0.15, 0.2) is 0 Å². The smallest absolute Gasteiger partial charge is 0.280 e. The third-order valence-corrected chi connectivity index (χ3v) is 5.11. The van der Waals surface area contributed by atoms with Crippen LogP contribution in [-0.4, -0.2) is 33.9 Å². The van der Waals surface area contributed by atoms with E-state index >= 15 is 0 Å². The Balaban J connectivity index is 2.02. The molecule has 2 aromatic heterocycles. The van der Waals surface area contributed by atoms with Crippen LogP contribution in [0, 0.1) is 0 Å². The van der Waals surface area contributed by atoms with Crippen molar-refractivity contribution in [2.75, 3.05) is 18.6 Å². The molecule has 146 valence electrons. The van der Waals surface area contributed by atoms with Gasteiger partial charge in [-0.15, -0.1) is 5.10 Å². The molecule has 0 saturated carbocycles. The highest BCUT2D eigenvalue weighted by atomic mass is 79.9. The van der Waals surface area contributed by atoms with Gasteiger partial charge in [0.05, 0.1) is 11.9 Å². The van der Waals surface area contributed by atoms with Gasteiger partial charge in [-0.3, -0.25) is 9.78 Å². The molecule has 2 heterocycles. The molecule has 28 heavy (non-hydrogen) atoms. The summed E-state index contributed by atoms with van der Waals surface area (Å²) in [7, 11) is 1.79. The fourth-order valence-corrected chi connectivity index (χ4v) is 3.33. The topological polar surface area (TPSA) is 91.3 Å². The first-order valence-electron chi connectivity index (χ1n) is 8.46. The molecule has 0 spiro atoms. The van der Waals surface area contributed by atoms with E-state index in [4.69, 9.17) is 16.3 Å². The Labute approximate surface area is 175 Å². The average molecular weight is 466 g/mol. The molecule has 0 radical (unpaired) electrons. The number of benzene rings is 1. The summed E-state index contributed by atoms with van der Waals surface area (Å²) >= 11 is 9.30. The van der Waals surface area contributed by atoms with Crippen LogP contribution in [0.3, 0.4) is 0 Å². The first-order chi connectivity index (χ1) is 13.5. The summed E-state index contributed by atoms with van der Waals surface area (Å²) in [5.41, 5.74) is 1.65. The largest absolute Gasteiger partial charge is 0.467 e. The third kappa shape index (κ3) is 4.52. The number of aliphatic hydroxyl groups is 1. The van der Waals surface area contributed by atoms with E-state index in [1.807, 2.05) is 18.2 Å². The predicted octanol–water partition coefficient (Wildman–Crippen LogP) is 3.85. The van der Waals surface area contributed by atoms with Crippen molar-refractivity contribution in [2.24, 2.45) is 0 Å². The maximum Gasteiger partial charge on any atom is 0.280 e. The van der Waals surface area contributed by atoms with Gasteiger partial charge < -0.3 is 14.7 Å². The van der Waals surface area contributed by atoms with Crippen LogP contribution in [0.2, 0.25) is 5.02 Å². The molecular weight excluding hydrogens is 448 g/mol. The Morgan fingerprint density at radius 1 is 1.32 bits per heavy atom. The number of nitrogens with zero attached hydrogens (tertiary/aromatic N) is 3. The SMILES string of the molecule is CN(c1cccnc1)c1c(OC(CCO)c2ccc(Cl)cc2)n[nH]c(=O)c1Br. The number of anilines is 2. The van der Waals surface area contributed by atoms with E-state index < -0.39 is 6.10 Å². The zero-order valence-electron chi connectivity index (χ0n) is 15.0. The van der Waals surface area contributed by atoms with Gasteiger partial charge in [-0.1, -0.05) is 23.7 Å². The summed E-state index contributed by atoms with van der Waals surface area (Å²) in [4.78, 5) is 18.0. The minimum atomic E-state index is -0.478. The van der Waals surface area contributed by atoms with Crippen LogP contribution in [0.25, 0.3) is 0 Å². The Morgan fingerprint density at radius 3 is 2.71 bits per heavy atom. The van der Waals surface area contributed by atoms with Crippen molar-refractivity contribution in [1.29, 1.82) is 0 Å². The summed E-state index contributed by atoms with van der Waals surface area (Å²) in [5, 5.41) is 16.6. The Morgan fingerprint density at radius 2 is 2.07 bits per heavy atom. The monoisotopic (exact) mass is 464 g/mol. The number of H-pyrrole nitrogens is 1. The quantitative estimate of drug-likeness (QED) is 0.551. The molecule has 0 aliphatic heterocycles. The molecule has 9 heteroatoms. The zero-order chi connectivity index (χ0) is 20.1. The summed E-state index contributed by atoms with van der Waals surface area (Å²) in [6.45, 7) is -0.0778. The number of aliphatic hydroxyl groups excluding tert-OH is 1. The molecule has 0 bridgehead atoms. The molecular formula is C19H18BrClN4O3. The normalized spacial score (nSPS) is 11.9. The minimum absolute atomic E-state index is 0.0778. The second-order valence-corrected chi connectivity index (χ2v) is 7.19. The number of halogens is 2. The van der Waals surface area contributed by atoms with Gasteiger partial charge >= 0.3 is 0 Å². The third-order valence-electron chi connectivity index (χ3n) is 4.12. The van der Waals surface area contributed by atoms with E-state index in [0.29, 0.717) is 17.1 Å². The molecule has 3 rings (SSSR count). The van der Waals surface area contributed by atoms with Gasteiger partial charge in [-0.2, -0.15) is 0 Å². The molecule has 0 fully saturated rings. The molecule has 2 N–H and O–H groups in total. The van der Waals surface area contributed by atoms with Crippen molar-refractivity contribution in [3.63, 3.8) is 0 Å². The number of hydrogen-bond acceptors (Lipinski definition) is 6. The second-order valence-electron chi connectivity index (χ2n) is 5.96. The van der Waals surface area contributed by atoms with Crippen LogP contribution in [0.5, 0.6) is 5.88 Å². The number of nitrogens with one attached hydrogen (secondary N) is 1. The first-order valence-corrected chi connectivity index (χ1v) is 9.63. The maximum atomic E-state index is 12.1. The van der Waals surface area contributed by atoms with Crippen molar-refractivity contribution in [3.8, 4) is 5.88 Å². The van der Waals surface area contributed by atoms with Gasteiger partial charge in [-0.25, -0.2) is 5.10 Å². The molecule has 0 aliphatic rings. The number of rotatable bonds is 7. The van der Waals surface area contributed by atoms with Gasteiger partial charge in [0.1, 0.15) is 16.3 Å². The van der Waals surface area contributed by atoms with Gasteiger partial charge in [0.25, 0.3) is 11.4 Å². The van der Waals surface area contributed by atoms with Crippen molar-refractivity contribution in [1.82, 2.24) is 15.2 Å². The first kappa shape index (κ1) is 20.3. The molecule has 3 aromatic rings. The second kappa shape index (κ2) is 9.18. The molecule has 1 unspecified atom stereocenters. The molecule has 7 nitrogen and oxygen atoms in total. The minimum Gasteiger partial charge on any atom is -0.467 e. The fourth-order valence-electron chi connectivity index (χ4n) is 2.68. The summed E-state index contributed by atoms with van der Waals surface area (Å²) < 4.78 is 6.39. The van der Waals surface area contributed by atoms with E-state index in [0.717, 1.165) is 11.3 Å². The number of aromatic nitrogens is 3. The highest BCUT2D eigenvalue weighted by molar-refractivity contribution is 9.10. The Bertz CT molecular complexity index is 983. The molecule has 0 amide bonds. The zero-order valence-corrected chi connectivity index (χ0v) is 17.3. The Hall–Kier alpha value is -2.42. The van der Waals surface area contributed by atoms with Crippen LogP contribution in [0.4, 0.5) is 11.4 Å². The lowest BCUT2D eigenvalue weighted by molar-refractivity contribution is 0.149. The standard InChI is InChI=1S/C19H18BrClN4O3/c1-25(14-3-2-9-22-11-14)17-16(20)18(27)23-24-19(17)28-15(8-10-26)12-4-6-13(21)7-5-12/h2-7,9,11,15,26H,8,10H2,1H3,(H,23,27). The van der Waals surface area contributed by atoms with Crippen LogP contribution in [0.1, 0.15) is 18.1 Å². The fraction of sp³-hybridized carbons (Fsp3) is 0.211. The molecule has 0 saturated heterocycles. The summed E-state index contributed by atoms with van der Waals surface area (Å²) in [5.74, 6) is 0.214. The predicted molar refractivity (Wildman–Crippen MR) is 111 cm³/mol. The Kier molecular flexibility index (Phi) is 6.66. The van der Waals surface area contributed by atoms with Crippen molar-refractivity contribution in [2.45, 2.75) is 12.5 Å². The highest BCUT2D eigenvalue weighted by Gasteiger charge is 2.23. The van der Waals surface area contributed by atoms with E-state index in [1.165, 1.54) is 0 Å². The maximum absolute atomic E-state index is 12.1. The number of hydrogen-bond donors (Lipinski definition) is 2. The molecule has 1 atom stereocenters. The molecule has 0 aliphatic carbocycles. The molecule has 1 aromatic carbocycles. The van der Waals surface area contributed by atoms with Crippen LogP contribution < -0.4 is 15.2 Å². The van der Waals surface area contributed by atoms with Crippen LogP contribution >= 0.6 is 27.5 Å². The van der Waals surface area contributed by atoms with E-state index in [-0.39, 0.29) is 22.5 Å². The van der Waals surface area contributed by atoms with Crippen molar-refractivity contribution < 1.29 is 9.84 Å². The lowest BCUT2D eigenvalue weighted by Crippen LogP contribution is -2.21. The van der Waals surface area contributed by atoms with Gasteiger partial charge in [0.2, 0.25) is 0 Å². The van der Waals surface area contributed by atoms with E-state index in [1.54, 1.807) is 42.5 Å². The van der Waals surface area contributed by atoms with E-state index in [2.05, 4.69) is 31.1 Å². The van der Waals surface area contributed by atoms with Crippen LogP contribution in [-0.2, 0) is 0 Å². The van der Waals surface area contributed by atoms with Gasteiger partial charge in [0, 0.05) is 31.3 Å². The lowest BCUT2D eigenvalue weighted by Gasteiger charge is -2.25. The van der Waals surface area contributed by atoms with Crippen molar-refractivity contribution in [3.05, 3.63) is 74.2 Å². The number of ether oxygens (including phenoxy) is 1. The lowest BCUT2D eigenvalue weighted by atomic mass is 10.1. The van der Waals surface area contributed by atoms with E-state index in [9.17, 15) is 9.90 Å². The number of aromatic amines is 1. The summed E-state index contributed by atoms with van der Waals surface area (Å²) in [6.07, 6.45) is 3.20. The highest BCUT2D eigenvalue weighted by Crippen LogP contribution is 2.37. The average Bonchev–Trinajstić information content (AvgIpc) is 2.71. The van der Waals surface area contributed by atoms with Crippen LogP contribution in [0.15, 0.2) is 58.1 Å². The van der Waals surface area contributed by atoms with Gasteiger partial charge in [-0.05, 0) is 45.8 Å². The summed E-state index contributed by atoms with van der Waals surface area (Å²) in [6, 6.07) is 10.8. The number of pyridine rings is 1.